The van der Waals surface area contributed by atoms with Crippen molar-refractivity contribution in [1.82, 2.24) is 9.03 Å². The predicted octanol–water partition coefficient (Wildman–Crippen LogP) is 1.36. The average Bonchev–Trinajstić information content (AvgIpc) is 3.31. The molecule has 2 N–H and O–H groups in total. The lowest BCUT2D eigenvalue weighted by atomic mass is 10.0. The molecule has 11 heteroatoms. The summed E-state index contributed by atoms with van der Waals surface area (Å²) in [6.07, 6.45) is 2.64. The number of carbonyl (C=O) groups excluding carboxylic acids is 1. The number of phenols is 1. The van der Waals surface area contributed by atoms with Crippen LogP contribution in [0.2, 0.25) is 0 Å². The molecule has 0 saturated carbocycles. The standard InChI is InChI=1S/C20H23N3O6S2/c24-19-13-15(9-11-18(19)23-14-20(25)21-31(23,28)29)8-10-16-5-4-12-22(16)30(26,27)17-6-2-1-3-7-17/h1-3,6-7,9,11,13,16,24H,4-5,8,10,12,14H2,(H,21,25). The summed E-state index contributed by atoms with van der Waals surface area (Å²) in [5, 5.41) is 10.3. The van der Waals surface area contributed by atoms with Crippen molar-refractivity contribution < 1.29 is 26.7 Å². The van der Waals surface area contributed by atoms with Crippen LogP contribution in [0.15, 0.2) is 53.4 Å². The number of phenolic OH excluding ortho intramolecular Hbond substituents is 1. The minimum atomic E-state index is -4.00. The maximum absolute atomic E-state index is 13.0. The van der Waals surface area contributed by atoms with Gasteiger partial charge in [-0.15, -0.1) is 0 Å². The highest BCUT2D eigenvalue weighted by atomic mass is 32.2. The summed E-state index contributed by atoms with van der Waals surface area (Å²) < 4.78 is 54.1. The van der Waals surface area contributed by atoms with Crippen molar-refractivity contribution >= 4 is 31.8 Å². The first-order valence-electron chi connectivity index (χ1n) is 9.90. The third-order valence-corrected chi connectivity index (χ3v) is 8.93. The fraction of sp³-hybridized carbons (Fsp3) is 0.350. The number of rotatable bonds is 6. The van der Waals surface area contributed by atoms with E-state index in [0.717, 1.165) is 22.7 Å². The number of hydrogen-bond donors (Lipinski definition) is 2. The fourth-order valence-corrected chi connectivity index (χ4v) is 6.98. The number of aromatic hydroxyl groups is 1. The van der Waals surface area contributed by atoms with Gasteiger partial charge in [0.25, 0.3) is 5.91 Å². The van der Waals surface area contributed by atoms with E-state index in [0.29, 0.717) is 19.4 Å². The van der Waals surface area contributed by atoms with Gasteiger partial charge in [0, 0.05) is 12.6 Å². The van der Waals surface area contributed by atoms with E-state index in [2.05, 4.69) is 0 Å². The first-order valence-corrected chi connectivity index (χ1v) is 12.8. The van der Waals surface area contributed by atoms with Crippen molar-refractivity contribution in [3.63, 3.8) is 0 Å². The van der Waals surface area contributed by atoms with Crippen molar-refractivity contribution in [3.8, 4) is 5.75 Å². The zero-order valence-electron chi connectivity index (χ0n) is 16.6. The number of hydrogen-bond acceptors (Lipinski definition) is 6. The summed E-state index contributed by atoms with van der Waals surface area (Å²) in [6.45, 7) is 0.0869. The second kappa shape index (κ2) is 8.13. The van der Waals surface area contributed by atoms with Gasteiger partial charge in [0.15, 0.2) is 0 Å². The molecule has 1 atom stereocenters. The van der Waals surface area contributed by atoms with Gasteiger partial charge in [-0.2, -0.15) is 12.7 Å². The Bertz CT molecular complexity index is 1200. The van der Waals surface area contributed by atoms with E-state index >= 15 is 0 Å². The van der Waals surface area contributed by atoms with E-state index < -0.39 is 26.1 Å². The molecule has 0 aromatic heterocycles. The summed E-state index contributed by atoms with van der Waals surface area (Å²) in [7, 11) is -7.56. The van der Waals surface area contributed by atoms with Gasteiger partial charge < -0.3 is 5.11 Å². The molecule has 0 aliphatic carbocycles. The molecule has 2 heterocycles. The number of amides is 1. The predicted molar refractivity (Wildman–Crippen MR) is 114 cm³/mol. The van der Waals surface area contributed by atoms with Crippen LogP contribution in [0.3, 0.4) is 0 Å². The highest BCUT2D eigenvalue weighted by Crippen LogP contribution is 2.33. The number of sulfonamides is 1. The Morgan fingerprint density at radius 2 is 1.87 bits per heavy atom. The van der Waals surface area contributed by atoms with Crippen LogP contribution >= 0.6 is 0 Å². The quantitative estimate of drug-likeness (QED) is 0.664. The maximum atomic E-state index is 13.0. The van der Waals surface area contributed by atoms with Crippen LogP contribution in [-0.4, -0.2) is 51.3 Å². The summed E-state index contributed by atoms with van der Waals surface area (Å²) >= 11 is 0. The second-order valence-corrected chi connectivity index (χ2v) is 11.1. The van der Waals surface area contributed by atoms with Crippen LogP contribution < -0.4 is 9.03 Å². The molecule has 2 aromatic carbocycles. The SMILES string of the molecule is O=C1CN(c2ccc(CCC3CCCN3S(=O)(=O)c3ccccc3)cc2O)S(=O)(=O)N1. The average molecular weight is 466 g/mol. The lowest BCUT2D eigenvalue weighted by Gasteiger charge is -2.24. The van der Waals surface area contributed by atoms with Crippen LogP contribution in [0.1, 0.15) is 24.8 Å². The molecule has 0 bridgehead atoms. The van der Waals surface area contributed by atoms with Crippen LogP contribution in [-0.2, 0) is 31.4 Å². The molecule has 1 amide bonds. The minimum absolute atomic E-state index is 0.0243. The van der Waals surface area contributed by atoms with Crippen molar-refractivity contribution in [1.29, 1.82) is 0 Å². The summed E-state index contributed by atoms with van der Waals surface area (Å²) in [4.78, 5) is 11.7. The van der Waals surface area contributed by atoms with Gasteiger partial charge in [0.1, 0.15) is 12.3 Å². The van der Waals surface area contributed by atoms with Crippen LogP contribution in [0.5, 0.6) is 5.75 Å². The van der Waals surface area contributed by atoms with E-state index in [1.54, 1.807) is 40.7 Å². The Kier molecular flexibility index (Phi) is 5.67. The van der Waals surface area contributed by atoms with Crippen LogP contribution in [0.25, 0.3) is 0 Å². The molecule has 2 aliphatic heterocycles. The number of aryl methyl sites for hydroxylation is 1. The third-order valence-electron chi connectivity index (χ3n) is 5.57. The van der Waals surface area contributed by atoms with E-state index in [4.69, 9.17) is 0 Å². The second-order valence-electron chi connectivity index (χ2n) is 7.62. The van der Waals surface area contributed by atoms with Crippen molar-refractivity contribution in [2.75, 3.05) is 17.4 Å². The fourth-order valence-electron chi connectivity index (χ4n) is 4.07. The van der Waals surface area contributed by atoms with Gasteiger partial charge in [0.2, 0.25) is 10.0 Å². The zero-order valence-corrected chi connectivity index (χ0v) is 18.3. The normalized spacial score (nSPS) is 21.4. The Morgan fingerprint density at radius 3 is 2.52 bits per heavy atom. The third kappa shape index (κ3) is 4.25. The Balaban J connectivity index is 1.47. The van der Waals surface area contributed by atoms with Gasteiger partial charge in [-0.05, 0) is 55.5 Å². The summed E-state index contributed by atoms with van der Waals surface area (Å²) in [5.41, 5.74) is 0.775. The molecule has 1 unspecified atom stereocenters. The van der Waals surface area contributed by atoms with Gasteiger partial charge >= 0.3 is 10.2 Å². The van der Waals surface area contributed by atoms with E-state index in [1.807, 2.05) is 4.72 Å². The molecular formula is C20H23N3O6S2. The van der Waals surface area contributed by atoms with Gasteiger partial charge in [0.05, 0.1) is 10.6 Å². The van der Waals surface area contributed by atoms with E-state index in [1.165, 1.54) is 12.1 Å². The molecular weight excluding hydrogens is 442 g/mol. The number of nitrogens with one attached hydrogen (secondary N) is 1. The van der Waals surface area contributed by atoms with Crippen LogP contribution in [0.4, 0.5) is 5.69 Å². The molecule has 2 aliphatic rings. The number of nitrogens with zero attached hydrogens (tertiary/aromatic N) is 2. The van der Waals surface area contributed by atoms with Crippen molar-refractivity contribution in [3.05, 3.63) is 54.1 Å². The molecule has 166 valence electrons. The minimum Gasteiger partial charge on any atom is -0.506 e. The molecule has 2 aromatic rings. The number of benzene rings is 2. The maximum Gasteiger partial charge on any atom is 0.326 e. The van der Waals surface area contributed by atoms with Gasteiger partial charge in [-0.1, -0.05) is 24.3 Å². The zero-order chi connectivity index (χ0) is 22.2. The van der Waals surface area contributed by atoms with Gasteiger partial charge in [-0.3, -0.25) is 4.79 Å². The van der Waals surface area contributed by atoms with E-state index in [9.17, 15) is 26.7 Å². The molecule has 4 rings (SSSR count). The smallest absolute Gasteiger partial charge is 0.326 e. The van der Waals surface area contributed by atoms with Gasteiger partial charge in [-0.25, -0.2) is 17.4 Å². The highest BCUT2D eigenvalue weighted by molar-refractivity contribution is 7.92. The topological polar surface area (TPSA) is 124 Å². The van der Waals surface area contributed by atoms with Crippen molar-refractivity contribution in [2.24, 2.45) is 0 Å². The molecule has 0 spiro atoms. The first-order chi connectivity index (χ1) is 14.7. The Labute approximate surface area is 181 Å². The molecule has 2 saturated heterocycles. The van der Waals surface area contributed by atoms with E-state index in [-0.39, 0.29) is 28.9 Å². The monoisotopic (exact) mass is 465 g/mol. The largest absolute Gasteiger partial charge is 0.506 e. The first kappa shape index (κ1) is 21.6. The lowest BCUT2D eigenvalue weighted by Crippen LogP contribution is -2.35. The summed E-state index contributed by atoms with van der Waals surface area (Å²) in [6, 6.07) is 12.8. The summed E-state index contributed by atoms with van der Waals surface area (Å²) in [5.74, 6) is -0.915. The lowest BCUT2D eigenvalue weighted by molar-refractivity contribution is -0.117. The van der Waals surface area contributed by atoms with Crippen LogP contribution in [0, 0.1) is 0 Å². The number of anilines is 1. The molecule has 0 radical (unpaired) electrons. The van der Waals surface area contributed by atoms with Crippen molar-refractivity contribution in [2.45, 2.75) is 36.6 Å². The highest BCUT2D eigenvalue weighted by Gasteiger charge is 2.36. The molecule has 31 heavy (non-hydrogen) atoms. The molecule has 2 fully saturated rings. The molecule has 9 nitrogen and oxygen atoms in total. The Hall–Kier alpha value is -2.63. The Morgan fingerprint density at radius 1 is 1.13 bits per heavy atom. The number of carbonyl (C=O) groups is 1.